The van der Waals surface area contributed by atoms with E-state index in [1.54, 1.807) is 0 Å². The molecule has 1 amide bonds. The van der Waals surface area contributed by atoms with E-state index in [2.05, 4.69) is 5.32 Å². The van der Waals surface area contributed by atoms with Crippen molar-refractivity contribution in [1.29, 1.82) is 0 Å². The number of fused-ring (bicyclic) bond motifs is 1. The first kappa shape index (κ1) is 19.0. The molecule has 1 N–H and O–H groups in total. The first-order chi connectivity index (χ1) is 12.9. The second-order valence-electron chi connectivity index (χ2n) is 6.28. The number of hydrogen-bond acceptors (Lipinski definition) is 5. The molecule has 0 aliphatic carbocycles. The molecule has 1 aliphatic heterocycles. The Morgan fingerprint density at radius 2 is 1.93 bits per heavy atom. The summed E-state index contributed by atoms with van der Waals surface area (Å²) in [6.45, 7) is 4.39. The largest absolute Gasteiger partial charge is 0.489 e. The van der Waals surface area contributed by atoms with Gasteiger partial charge in [0, 0.05) is 12.1 Å². The lowest BCUT2D eigenvalue weighted by Crippen LogP contribution is -2.21. The highest BCUT2D eigenvalue weighted by atomic mass is 35.5. The van der Waals surface area contributed by atoms with Crippen LogP contribution in [-0.2, 0) is 9.53 Å². The number of hydrogen-bond donors (Lipinski definition) is 1. The highest BCUT2D eigenvalue weighted by Crippen LogP contribution is 2.38. The summed E-state index contributed by atoms with van der Waals surface area (Å²) in [5, 5.41) is 3.01. The van der Waals surface area contributed by atoms with Gasteiger partial charge in [-0.2, -0.15) is 0 Å². The summed E-state index contributed by atoms with van der Waals surface area (Å²) in [5.41, 5.74) is 2.84. The molecule has 0 atom stereocenters. The third-order valence-electron chi connectivity index (χ3n) is 4.04. The van der Waals surface area contributed by atoms with Gasteiger partial charge in [-0.05, 0) is 43.2 Å². The molecule has 0 unspecified atom stereocenters. The van der Waals surface area contributed by atoms with Crippen molar-refractivity contribution in [3.8, 4) is 11.5 Å². The zero-order valence-corrected chi connectivity index (χ0v) is 15.9. The Labute approximate surface area is 162 Å². The monoisotopic (exact) mass is 389 g/mol. The Hall–Kier alpha value is -2.73. The van der Waals surface area contributed by atoms with E-state index in [4.69, 9.17) is 25.8 Å². The number of halogens is 1. The molecule has 0 spiro atoms. The minimum Gasteiger partial charge on any atom is -0.489 e. The quantitative estimate of drug-likeness (QED) is 0.802. The number of esters is 1. The molecule has 142 valence electrons. The molecular formula is C20H20ClNO5. The van der Waals surface area contributed by atoms with Gasteiger partial charge in [0.2, 0.25) is 0 Å². The molecule has 2 aromatic carbocycles. The van der Waals surface area contributed by atoms with E-state index in [9.17, 15) is 9.59 Å². The topological polar surface area (TPSA) is 73.9 Å². The lowest BCUT2D eigenvalue weighted by atomic mass is 10.1. The van der Waals surface area contributed by atoms with Gasteiger partial charge in [0.15, 0.2) is 18.1 Å². The smallest absolute Gasteiger partial charge is 0.338 e. The summed E-state index contributed by atoms with van der Waals surface area (Å²) in [6.07, 6.45) is 0.726. The van der Waals surface area contributed by atoms with E-state index >= 15 is 0 Å². The Bertz CT molecular complexity index is 881. The van der Waals surface area contributed by atoms with Gasteiger partial charge in [0.1, 0.15) is 0 Å². The Morgan fingerprint density at radius 1 is 1.15 bits per heavy atom. The third-order valence-corrected chi connectivity index (χ3v) is 4.32. The number of carbonyl (C=O) groups is 2. The summed E-state index contributed by atoms with van der Waals surface area (Å²) in [6, 6.07) is 8.69. The predicted octanol–water partition coefficient (Wildman–Crippen LogP) is 3.91. The number of carbonyl (C=O) groups excluding carboxylic acids is 2. The third kappa shape index (κ3) is 4.71. The summed E-state index contributed by atoms with van der Waals surface area (Å²) < 4.78 is 16.2. The SMILES string of the molecule is Cc1ccc(C)c(NC(=O)COC(=O)c2cc(Cl)c3c(c2)OCCCO3)c1. The van der Waals surface area contributed by atoms with Gasteiger partial charge in [-0.3, -0.25) is 4.79 Å². The molecule has 0 saturated carbocycles. The fourth-order valence-electron chi connectivity index (χ4n) is 2.62. The van der Waals surface area contributed by atoms with Crippen molar-refractivity contribution in [2.75, 3.05) is 25.1 Å². The summed E-state index contributed by atoms with van der Waals surface area (Å²) >= 11 is 6.17. The highest BCUT2D eigenvalue weighted by Gasteiger charge is 2.20. The molecule has 0 aromatic heterocycles. The van der Waals surface area contributed by atoms with Crippen molar-refractivity contribution in [2.45, 2.75) is 20.3 Å². The van der Waals surface area contributed by atoms with Crippen LogP contribution in [0.1, 0.15) is 27.9 Å². The van der Waals surface area contributed by atoms with E-state index in [0.717, 1.165) is 17.5 Å². The molecule has 6 nitrogen and oxygen atoms in total. The van der Waals surface area contributed by atoms with Crippen LogP contribution in [0.4, 0.5) is 5.69 Å². The van der Waals surface area contributed by atoms with Crippen LogP contribution >= 0.6 is 11.6 Å². The Kier molecular flexibility index (Phi) is 5.86. The van der Waals surface area contributed by atoms with Crippen LogP contribution in [0.5, 0.6) is 11.5 Å². The highest BCUT2D eigenvalue weighted by molar-refractivity contribution is 6.32. The summed E-state index contributed by atoms with van der Waals surface area (Å²) in [4.78, 5) is 24.4. The molecule has 27 heavy (non-hydrogen) atoms. The van der Waals surface area contributed by atoms with E-state index in [-0.39, 0.29) is 10.6 Å². The van der Waals surface area contributed by atoms with Crippen LogP contribution in [0.2, 0.25) is 5.02 Å². The molecule has 0 fully saturated rings. The van der Waals surface area contributed by atoms with E-state index in [0.29, 0.717) is 30.4 Å². The van der Waals surface area contributed by atoms with E-state index in [1.165, 1.54) is 12.1 Å². The molecule has 0 saturated heterocycles. The maximum absolute atomic E-state index is 12.3. The van der Waals surface area contributed by atoms with Crippen LogP contribution in [0.15, 0.2) is 30.3 Å². The zero-order valence-electron chi connectivity index (χ0n) is 15.1. The second-order valence-corrected chi connectivity index (χ2v) is 6.69. The lowest BCUT2D eigenvalue weighted by molar-refractivity contribution is -0.119. The molecule has 1 heterocycles. The lowest BCUT2D eigenvalue weighted by Gasteiger charge is -2.12. The molecule has 3 rings (SSSR count). The van der Waals surface area contributed by atoms with Crippen LogP contribution in [0, 0.1) is 13.8 Å². The number of benzene rings is 2. The van der Waals surface area contributed by atoms with Crippen molar-refractivity contribution in [2.24, 2.45) is 0 Å². The number of amides is 1. The average Bonchev–Trinajstić information content (AvgIpc) is 2.88. The molecule has 1 aliphatic rings. The van der Waals surface area contributed by atoms with Gasteiger partial charge in [0.05, 0.1) is 23.8 Å². The van der Waals surface area contributed by atoms with Gasteiger partial charge in [0.25, 0.3) is 5.91 Å². The van der Waals surface area contributed by atoms with Gasteiger partial charge < -0.3 is 19.5 Å². The van der Waals surface area contributed by atoms with Crippen LogP contribution < -0.4 is 14.8 Å². The maximum Gasteiger partial charge on any atom is 0.338 e. The fraction of sp³-hybridized carbons (Fsp3) is 0.300. The van der Waals surface area contributed by atoms with Crippen LogP contribution in [-0.4, -0.2) is 31.7 Å². The normalized spacial score (nSPS) is 12.9. The number of nitrogens with one attached hydrogen (secondary N) is 1. The van der Waals surface area contributed by atoms with Gasteiger partial charge in [-0.15, -0.1) is 0 Å². The van der Waals surface area contributed by atoms with Crippen molar-refractivity contribution < 1.29 is 23.8 Å². The van der Waals surface area contributed by atoms with E-state index in [1.807, 2.05) is 32.0 Å². The minimum atomic E-state index is -0.663. The first-order valence-corrected chi connectivity index (χ1v) is 8.95. The van der Waals surface area contributed by atoms with Gasteiger partial charge in [-0.25, -0.2) is 4.79 Å². The molecule has 7 heteroatoms. The van der Waals surface area contributed by atoms with Crippen molar-refractivity contribution >= 4 is 29.2 Å². The molecule has 0 bridgehead atoms. The van der Waals surface area contributed by atoms with Crippen molar-refractivity contribution in [3.05, 3.63) is 52.0 Å². The standard InChI is InChI=1S/C20H20ClNO5/c1-12-4-5-13(2)16(8-12)22-18(23)11-27-20(24)14-9-15(21)19-17(10-14)25-6-3-7-26-19/h4-5,8-10H,3,6-7,11H2,1-2H3,(H,22,23). The number of rotatable bonds is 4. The molecule has 2 aromatic rings. The van der Waals surface area contributed by atoms with Crippen molar-refractivity contribution in [1.82, 2.24) is 0 Å². The van der Waals surface area contributed by atoms with Gasteiger partial charge >= 0.3 is 5.97 Å². The number of ether oxygens (including phenoxy) is 3. The maximum atomic E-state index is 12.3. The van der Waals surface area contributed by atoms with Gasteiger partial charge in [-0.1, -0.05) is 23.7 Å². The number of anilines is 1. The van der Waals surface area contributed by atoms with Crippen molar-refractivity contribution in [3.63, 3.8) is 0 Å². The minimum absolute atomic E-state index is 0.198. The average molecular weight is 390 g/mol. The second kappa shape index (κ2) is 8.31. The summed E-state index contributed by atoms with van der Waals surface area (Å²) in [5.74, 6) is -0.272. The number of aryl methyl sites for hydroxylation is 2. The molecule has 0 radical (unpaired) electrons. The van der Waals surface area contributed by atoms with E-state index < -0.39 is 18.5 Å². The van der Waals surface area contributed by atoms with Crippen LogP contribution in [0.3, 0.4) is 0 Å². The Balaban J connectivity index is 1.64. The zero-order chi connectivity index (χ0) is 19.4. The first-order valence-electron chi connectivity index (χ1n) is 8.57. The predicted molar refractivity (Wildman–Crippen MR) is 102 cm³/mol. The summed E-state index contributed by atoms with van der Waals surface area (Å²) in [7, 11) is 0. The Morgan fingerprint density at radius 3 is 2.74 bits per heavy atom. The molecular weight excluding hydrogens is 370 g/mol. The van der Waals surface area contributed by atoms with Crippen LogP contribution in [0.25, 0.3) is 0 Å². The fourth-order valence-corrected chi connectivity index (χ4v) is 2.89.